The molecule has 1 atom stereocenters. The normalized spacial score (nSPS) is 18.9. The zero-order valence-electron chi connectivity index (χ0n) is 22.2. The Balaban J connectivity index is 1.26. The number of hydrogen-bond donors (Lipinski definition) is 4. The lowest BCUT2D eigenvalue weighted by Crippen LogP contribution is -2.36. The number of morpholine rings is 1. The first kappa shape index (κ1) is 24.8. The number of nitrogens with zero attached hydrogens (tertiary/aromatic N) is 3. The van der Waals surface area contributed by atoms with E-state index < -0.39 is 0 Å². The summed E-state index contributed by atoms with van der Waals surface area (Å²) in [5.74, 6) is 3.28. The van der Waals surface area contributed by atoms with Gasteiger partial charge in [0.05, 0.1) is 26.0 Å². The second kappa shape index (κ2) is 11.0. The maximum Gasteiger partial charge on any atom is 0.231 e. The minimum Gasteiger partial charge on any atom is -0.494 e. The van der Waals surface area contributed by atoms with E-state index in [1.807, 2.05) is 6.07 Å². The Bertz CT molecular complexity index is 1270. The molecule has 1 saturated heterocycles. The summed E-state index contributed by atoms with van der Waals surface area (Å²) in [6.07, 6.45) is 3.86. The first-order chi connectivity index (χ1) is 18.7. The highest BCUT2D eigenvalue weighted by Crippen LogP contribution is 2.39. The van der Waals surface area contributed by atoms with Crippen molar-refractivity contribution in [3.63, 3.8) is 0 Å². The third-order valence-electron chi connectivity index (χ3n) is 7.78. The third-order valence-corrected chi connectivity index (χ3v) is 7.78. The molecule has 3 aromatic rings. The van der Waals surface area contributed by atoms with Gasteiger partial charge in [0, 0.05) is 61.1 Å². The van der Waals surface area contributed by atoms with Gasteiger partial charge in [0.2, 0.25) is 5.95 Å². The lowest BCUT2D eigenvalue weighted by Gasteiger charge is -2.29. The van der Waals surface area contributed by atoms with E-state index in [0.29, 0.717) is 17.9 Å². The van der Waals surface area contributed by atoms with E-state index in [9.17, 15) is 0 Å². The lowest BCUT2D eigenvalue weighted by atomic mass is 9.93. The average molecular weight is 516 g/mol. The molecule has 200 valence electrons. The van der Waals surface area contributed by atoms with Gasteiger partial charge in [0.25, 0.3) is 0 Å². The van der Waals surface area contributed by atoms with Crippen LogP contribution in [0, 0.1) is 0 Å². The zero-order chi connectivity index (χ0) is 25.9. The van der Waals surface area contributed by atoms with Gasteiger partial charge in [0.1, 0.15) is 17.4 Å². The second-order valence-electron chi connectivity index (χ2n) is 10.3. The van der Waals surface area contributed by atoms with Crippen LogP contribution in [0.5, 0.6) is 5.75 Å². The number of benzene rings is 2. The largest absolute Gasteiger partial charge is 0.494 e. The molecule has 1 saturated carbocycles. The van der Waals surface area contributed by atoms with Gasteiger partial charge in [-0.25, -0.2) is 0 Å². The number of aromatic nitrogens is 2. The van der Waals surface area contributed by atoms with E-state index in [1.165, 1.54) is 24.8 Å². The van der Waals surface area contributed by atoms with Gasteiger partial charge in [-0.05, 0) is 36.6 Å². The molecule has 2 aromatic carbocycles. The smallest absolute Gasteiger partial charge is 0.231 e. The minimum absolute atomic E-state index is 0.309. The van der Waals surface area contributed by atoms with Crippen molar-refractivity contribution < 1.29 is 9.47 Å². The molecule has 4 N–H and O–H groups in total. The van der Waals surface area contributed by atoms with E-state index in [0.717, 1.165) is 79.4 Å². The first-order valence-electron chi connectivity index (χ1n) is 13.7. The Labute approximate surface area is 224 Å². The van der Waals surface area contributed by atoms with E-state index in [-0.39, 0.29) is 0 Å². The summed E-state index contributed by atoms with van der Waals surface area (Å²) in [5.41, 5.74) is 5.37. The Morgan fingerprint density at radius 1 is 1.05 bits per heavy atom. The van der Waals surface area contributed by atoms with Crippen LogP contribution in [0.4, 0.5) is 34.6 Å². The van der Waals surface area contributed by atoms with Crippen molar-refractivity contribution in [2.24, 2.45) is 0 Å². The highest BCUT2D eigenvalue weighted by molar-refractivity contribution is 5.74. The Kier molecular flexibility index (Phi) is 7.20. The number of methoxy groups -OCH3 is 1. The summed E-state index contributed by atoms with van der Waals surface area (Å²) in [6, 6.07) is 15.3. The predicted molar refractivity (Wildman–Crippen MR) is 152 cm³/mol. The molecule has 6 rings (SSSR count). The Morgan fingerprint density at radius 3 is 2.68 bits per heavy atom. The van der Waals surface area contributed by atoms with E-state index in [2.05, 4.69) is 69.5 Å². The number of nitrogens with one attached hydrogen (secondary N) is 4. The van der Waals surface area contributed by atoms with Crippen LogP contribution in [0.3, 0.4) is 0 Å². The summed E-state index contributed by atoms with van der Waals surface area (Å²) in [5, 5.41) is 14.2. The van der Waals surface area contributed by atoms with Crippen LogP contribution in [0.15, 0.2) is 42.5 Å². The van der Waals surface area contributed by atoms with Crippen molar-refractivity contribution in [3.05, 3.63) is 53.6 Å². The number of ether oxygens (including phenoxy) is 2. The fourth-order valence-corrected chi connectivity index (χ4v) is 5.29. The van der Waals surface area contributed by atoms with E-state index in [1.54, 1.807) is 7.11 Å². The molecule has 1 aromatic heterocycles. The number of anilines is 6. The monoisotopic (exact) mass is 515 g/mol. The lowest BCUT2D eigenvalue weighted by molar-refractivity contribution is 0.122. The Hall–Kier alpha value is -3.56. The molecule has 38 heavy (non-hydrogen) atoms. The van der Waals surface area contributed by atoms with Crippen molar-refractivity contribution in [3.8, 4) is 5.75 Å². The third kappa shape index (κ3) is 5.21. The fraction of sp³-hybridized carbons (Fsp3) is 0.448. The van der Waals surface area contributed by atoms with Gasteiger partial charge in [0.15, 0.2) is 0 Å². The van der Waals surface area contributed by atoms with Crippen LogP contribution in [0.25, 0.3) is 0 Å². The maximum atomic E-state index is 5.75. The minimum atomic E-state index is 0.309. The van der Waals surface area contributed by atoms with Gasteiger partial charge in [-0.1, -0.05) is 31.5 Å². The van der Waals surface area contributed by atoms with Crippen LogP contribution in [0.1, 0.15) is 43.2 Å². The van der Waals surface area contributed by atoms with Crippen LogP contribution >= 0.6 is 0 Å². The highest BCUT2D eigenvalue weighted by atomic mass is 16.5. The number of para-hydroxylation sites is 1. The number of fused-ring (bicyclic) bond motifs is 1. The summed E-state index contributed by atoms with van der Waals surface area (Å²) < 4.78 is 11.2. The van der Waals surface area contributed by atoms with Crippen molar-refractivity contribution >= 4 is 34.6 Å². The summed E-state index contributed by atoms with van der Waals surface area (Å²) in [4.78, 5) is 12.1. The molecular weight excluding hydrogens is 478 g/mol. The van der Waals surface area contributed by atoms with Gasteiger partial charge >= 0.3 is 0 Å². The SMILES string of the molecule is COc1cc(N2CCOCC2)ccc1Nc1nc2c(c(Nc3ccccc3CNC3CCC3)n1)C(C)CN2. The summed E-state index contributed by atoms with van der Waals surface area (Å²) >= 11 is 0. The van der Waals surface area contributed by atoms with Gasteiger partial charge in [-0.15, -0.1) is 0 Å². The van der Waals surface area contributed by atoms with Gasteiger partial charge in [-0.3, -0.25) is 0 Å². The molecule has 1 unspecified atom stereocenters. The predicted octanol–water partition coefficient (Wildman–Crippen LogP) is 4.98. The van der Waals surface area contributed by atoms with Crippen molar-refractivity contribution in [1.29, 1.82) is 0 Å². The highest BCUT2D eigenvalue weighted by Gasteiger charge is 2.26. The molecule has 2 fully saturated rings. The van der Waals surface area contributed by atoms with Crippen molar-refractivity contribution in [2.75, 3.05) is 60.8 Å². The van der Waals surface area contributed by atoms with Crippen LogP contribution in [-0.2, 0) is 11.3 Å². The number of rotatable bonds is 9. The molecule has 0 amide bonds. The molecule has 2 aliphatic heterocycles. The molecule has 0 radical (unpaired) electrons. The van der Waals surface area contributed by atoms with E-state index >= 15 is 0 Å². The molecule has 1 aliphatic carbocycles. The molecule has 3 heterocycles. The molecule has 9 nitrogen and oxygen atoms in total. The molecular formula is C29H37N7O2. The molecule has 3 aliphatic rings. The van der Waals surface area contributed by atoms with Crippen LogP contribution in [-0.4, -0.2) is 56.0 Å². The molecule has 0 spiro atoms. The molecule has 0 bridgehead atoms. The maximum absolute atomic E-state index is 5.75. The zero-order valence-corrected chi connectivity index (χ0v) is 22.2. The number of hydrogen-bond acceptors (Lipinski definition) is 9. The van der Waals surface area contributed by atoms with Gasteiger partial charge < -0.3 is 35.6 Å². The Morgan fingerprint density at radius 2 is 1.89 bits per heavy atom. The average Bonchev–Trinajstić information content (AvgIpc) is 3.30. The summed E-state index contributed by atoms with van der Waals surface area (Å²) in [7, 11) is 1.69. The van der Waals surface area contributed by atoms with Crippen LogP contribution < -0.4 is 30.9 Å². The fourth-order valence-electron chi connectivity index (χ4n) is 5.29. The topological polar surface area (TPSA) is 95.6 Å². The van der Waals surface area contributed by atoms with Crippen LogP contribution in [0.2, 0.25) is 0 Å². The van der Waals surface area contributed by atoms with E-state index in [4.69, 9.17) is 19.4 Å². The standard InChI is InChI=1S/C29H37N7O2/c1-19-17-31-27-26(19)28(32-23-9-4-3-6-20(23)18-30-21-7-5-8-21)35-29(34-27)33-24-11-10-22(16-25(24)37-2)36-12-14-38-15-13-36/h3-4,6,9-11,16,19,21,30H,5,7-8,12-15,17-18H2,1-2H3,(H3,31,32,33,34,35). The van der Waals surface area contributed by atoms with Crippen molar-refractivity contribution in [1.82, 2.24) is 15.3 Å². The quantitative estimate of drug-likeness (QED) is 0.315. The summed E-state index contributed by atoms with van der Waals surface area (Å²) in [6.45, 7) is 7.12. The first-order valence-corrected chi connectivity index (χ1v) is 13.7. The molecule has 9 heteroatoms. The van der Waals surface area contributed by atoms with Gasteiger partial charge in [-0.2, -0.15) is 9.97 Å². The second-order valence-corrected chi connectivity index (χ2v) is 10.3. The van der Waals surface area contributed by atoms with Crippen molar-refractivity contribution in [2.45, 2.75) is 44.7 Å².